The van der Waals surface area contributed by atoms with Crippen LogP contribution in [-0.4, -0.2) is 19.6 Å². The number of nitrogens with zero attached hydrogens (tertiary/aromatic N) is 3. The van der Waals surface area contributed by atoms with Crippen molar-refractivity contribution in [2.75, 3.05) is 0 Å². The topological polar surface area (TPSA) is 50.9 Å². The fourth-order valence-corrected chi connectivity index (χ4v) is 1.69. The number of aromatic nitrogens is 3. The lowest BCUT2D eigenvalue weighted by Crippen LogP contribution is -2.09. The smallest absolute Gasteiger partial charge is 0.142 e. The predicted octanol–water partition coefficient (Wildman–Crippen LogP) is 1.77. The van der Waals surface area contributed by atoms with Crippen LogP contribution in [0, 0.1) is 0 Å². The highest BCUT2D eigenvalue weighted by Gasteiger charge is 2.15. The average molecular weight is 217 g/mol. The van der Waals surface area contributed by atoms with Gasteiger partial charge in [0.15, 0.2) is 0 Å². The summed E-state index contributed by atoms with van der Waals surface area (Å²) < 4.78 is 1.97. The van der Waals surface area contributed by atoms with Crippen LogP contribution in [0.2, 0.25) is 0 Å². The lowest BCUT2D eigenvalue weighted by molar-refractivity contribution is 0.204. The Kier molecular flexibility index (Phi) is 3.31. The third-order valence-electron chi connectivity index (χ3n) is 2.46. The highest BCUT2D eigenvalue weighted by Crippen LogP contribution is 2.19. The number of imidazole rings is 1. The van der Waals surface area contributed by atoms with Gasteiger partial charge < -0.3 is 9.67 Å². The normalized spacial score (nSPS) is 12.6. The molecule has 84 valence electrons. The van der Waals surface area contributed by atoms with E-state index in [2.05, 4.69) is 16.9 Å². The Morgan fingerprint density at radius 3 is 3.00 bits per heavy atom. The fraction of sp³-hybridized carbons (Fsp3) is 0.333. The number of aliphatic hydroxyl groups excluding tert-OH is 1. The molecule has 0 spiro atoms. The predicted molar refractivity (Wildman–Crippen MR) is 60.8 cm³/mol. The maximum Gasteiger partial charge on any atom is 0.142 e. The first-order valence-electron chi connectivity index (χ1n) is 5.42. The Morgan fingerprint density at radius 2 is 2.31 bits per heavy atom. The van der Waals surface area contributed by atoms with Gasteiger partial charge in [-0.2, -0.15) is 0 Å². The minimum atomic E-state index is -0.699. The molecule has 0 radical (unpaired) electrons. The van der Waals surface area contributed by atoms with Gasteiger partial charge in [-0.1, -0.05) is 13.0 Å². The van der Waals surface area contributed by atoms with E-state index >= 15 is 0 Å². The van der Waals surface area contributed by atoms with Gasteiger partial charge in [-0.25, -0.2) is 4.98 Å². The molecule has 0 aliphatic rings. The number of hydrogen-bond acceptors (Lipinski definition) is 3. The van der Waals surface area contributed by atoms with E-state index in [1.807, 2.05) is 22.9 Å². The molecule has 2 rings (SSSR count). The fourth-order valence-electron chi connectivity index (χ4n) is 1.69. The lowest BCUT2D eigenvalue weighted by atomic mass is 10.1. The molecule has 0 saturated carbocycles. The summed E-state index contributed by atoms with van der Waals surface area (Å²) in [5.74, 6) is 0.676. The zero-order chi connectivity index (χ0) is 11.4. The van der Waals surface area contributed by atoms with Crippen molar-refractivity contribution in [3.05, 3.63) is 48.3 Å². The van der Waals surface area contributed by atoms with Crippen molar-refractivity contribution in [3.63, 3.8) is 0 Å². The van der Waals surface area contributed by atoms with Crippen molar-refractivity contribution >= 4 is 0 Å². The van der Waals surface area contributed by atoms with Crippen LogP contribution in [0.1, 0.15) is 30.8 Å². The van der Waals surface area contributed by atoms with E-state index in [0.29, 0.717) is 5.82 Å². The van der Waals surface area contributed by atoms with Gasteiger partial charge in [-0.05, 0) is 12.5 Å². The van der Waals surface area contributed by atoms with E-state index in [9.17, 15) is 5.11 Å². The van der Waals surface area contributed by atoms with Gasteiger partial charge in [-0.15, -0.1) is 0 Å². The zero-order valence-electron chi connectivity index (χ0n) is 9.24. The third-order valence-corrected chi connectivity index (χ3v) is 2.46. The Bertz CT molecular complexity index is 439. The van der Waals surface area contributed by atoms with Crippen molar-refractivity contribution in [1.29, 1.82) is 0 Å². The Balaban J connectivity index is 2.27. The number of pyridine rings is 1. The molecule has 0 bridgehead atoms. The van der Waals surface area contributed by atoms with Crippen molar-refractivity contribution in [1.82, 2.24) is 14.5 Å². The molecule has 0 aromatic carbocycles. The molecule has 1 unspecified atom stereocenters. The van der Waals surface area contributed by atoms with E-state index in [0.717, 1.165) is 18.5 Å². The minimum Gasteiger partial charge on any atom is -0.380 e. The Hall–Kier alpha value is -1.68. The van der Waals surface area contributed by atoms with Crippen LogP contribution in [0.25, 0.3) is 0 Å². The van der Waals surface area contributed by atoms with Crippen molar-refractivity contribution in [2.45, 2.75) is 26.0 Å². The van der Waals surface area contributed by atoms with Crippen LogP contribution < -0.4 is 0 Å². The molecule has 0 saturated heterocycles. The van der Waals surface area contributed by atoms with E-state index in [1.165, 1.54) is 0 Å². The van der Waals surface area contributed by atoms with Crippen molar-refractivity contribution in [2.24, 2.45) is 0 Å². The van der Waals surface area contributed by atoms with Gasteiger partial charge in [0, 0.05) is 36.9 Å². The molecular formula is C12H15N3O. The van der Waals surface area contributed by atoms with Crippen LogP contribution in [0.3, 0.4) is 0 Å². The highest BCUT2D eigenvalue weighted by molar-refractivity contribution is 5.19. The van der Waals surface area contributed by atoms with Crippen molar-refractivity contribution < 1.29 is 5.11 Å². The van der Waals surface area contributed by atoms with Crippen molar-refractivity contribution in [3.8, 4) is 0 Å². The van der Waals surface area contributed by atoms with Crippen LogP contribution in [0.15, 0.2) is 36.9 Å². The molecule has 1 atom stereocenters. The van der Waals surface area contributed by atoms with E-state index in [4.69, 9.17) is 0 Å². The third kappa shape index (κ3) is 2.12. The average Bonchev–Trinajstić information content (AvgIpc) is 2.78. The first kappa shape index (κ1) is 10.8. The number of aryl methyl sites for hydroxylation is 1. The molecule has 16 heavy (non-hydrogen) atoms. The molecule has 0 aliphatic heterocycles. The summed E-state index contributed by atoms with van der Waals surface area (Å²) in [5.41, 5.74) is 0.769. The number of hydrogen-bond donors (Lipinski definition) is 1. The Morgan fingerprint density at radius 1 is 1.44 bits per heavy atom. The van der Waals surface area contributed by atoms with Gasteiger partial charge in [0.2, 0.25) is 0 Å². The maximum absolute atomic E-state index is 10.2. The van der Waals surface area contributed by atoms with Gasteiger partial charge in [0.25, 0.3) is 0 Å². The summed E-state index contributed by atoms with van der Waals surface area (Å²) in [6.07, 6.45) is 7.27. The molecule has 2 heterocycles. The zero-order valence-corrected chi connectivity index (χ0v) is 9.24. The minimum absolute atomic E-state index is 0.676. The SMILES string of the molecule is CCCn1ccnc1C(O)c1cccnc1. The van der Waals surface area contributed by atoms with Gasteiger partial charge in [0.1, 0.15) is 11.9 Å². The standard InChI is InChI=1S/C12H15N3O/c1-2-7-15-8-6-14-12(15)11(16)10-4-3-5-13-9-10/h3-6,8-9,11,16H,2,7H2,1H3. The first-order chi connectivity index (χ1) is 7.83. The molecule has 4 nitrogen and oxygen atoms in total. The van der Waals surface area contributed by atoms with Crippen LogP contribution >= 0.6 is 0 Å². The largest absolute Gasteiger partial charge is 0.380 e. The number of rotatable bonds is 4. The summed E-state index contributed by atoms with van der Waals surface area (Å²) >= 11 is 0. The van der Waals surface area contributed by atoms with E-state index in [1.54, 1.807) is 18.6 Å². The maximum atomic E-state index is 10.2. The molecule has 0 amide bonds. The molecule has 4 heteroatoms. The van der Waals surface area contributed by atoms with Gasteiger partial charge in [-0.3, -0.25) is 4.98 Å². The molecule has 0 aliphatic carbocycles. The Labute approximate surface area is 94.6 Å². The molecule has 1 N–H and O–H groups in total. The van der Waals surface area contributed by atoms with Gasteiger partial charge in [0.05, 0.1) is 0 Å². The van der Waals surface area contributed by atoms with E-state index < -0.39 is 6.10 Å². The summed E-state index contributed by atoms with van der Waals surface area (Å²) in [6.45, 7) is 2.97. The quantitative estimate of drug-likeness (QED) is 0.849. The van der Waals surface area contributed by atoms with Crippen LogP contribution in [-0.2, 0) is 6.54 Å². The summed E-state index contributed by atoms with van der Waals surface area (Å²) in [7, 11) is 0. The molecular weight excluding hydrogens is 202 g/mol. The molecule has 2 aromatic heterocycles. The summed E-state index contributed by atoms with van der Waals surface area (Å²) in [5, 5.41) is 10.2. The molecule has 2 aromatic rings. The second-order valence-electron chi connectivity index (χ2n) is 3.67. The second-order valence-corrected chi connectivity index (χ2v) is 3.67. The van der Waals surface area contributed by atoms with Crippen LogP contribution in [0.5, 0.6) is 0 Å². The highest BCUT2D eigenvalue weighted by atomic mass is 16.3. The summed E-state index contributed by atoms with van der Waals surface area (Å²) in [4.78, 5) is 8.19. The lowest BCUT2D eigenvalue weighted by Gasteiger charge is -2.12. The van der Waals surface area contributed by atoms with E-state index in [-0.39, 0.29) is 0 Å². The van der Waals surface area contributed by atoms with Crippen LogP contribution in [0.4, 0.5) is 0 Å². The summed E-state index contributed by atoms with van der Waals surface area (Å²) in [6, 6.07) is 3.66. The number of aliphatic hydroxyl groups is 1. The second kappa shape index (κ2) is 4.90. The molecule has 0 fully saturated rings. The first-order valence-corrected chi connectivity index (χ1v) is 5.42. The van der Waals surface area contributed by atoms with Gasteiger partial charge >= 0.3 is 0 Å². The monoisotopic (exact) mass is 217 g/mol.